The highest BCUT2D eigenvalue weighted by molar-refractivity contribution is 7.99. The van der Waals surface area contributed by atoms with Gasteiger partial charge in [0.2, 0.25) is 0 Å². The lowest BCUT2D eigenvalue weighted by atomic mass is 10.0. The molecule has 2 N–H and O–H groups in total. The molecular weight excluding hydrogens is 276 g/mol. The molecule has 1 heterocycles. The number of thioether (sulfide) groups is 1. The van der Waals surface area contributed by atoms with Crippen LogP contribution < -0.4 is 5.73 Å². The largest absolute Gasteiger partial charge is 0.323 e. The highest BCUT2D eigenvalue weighted by Crippen LogP contribution is 2.27. The first kappa shape index (κ1) is 14.1. The topological polar surface area (TPSA) is 38.9 Å². The summed E-state index contributed by atoms with van der Waals surface area (Å²) in [6, 6.07) is 16.8. The van der Waals surface area contributed by atoms with Crippen LogP contribution in [0.4, 0.5) is 0 Å². The van der Waals surface area contributed by atoms with E-state index in [0.717, 1.165) is 16.7 Å². The Hall–Kier alpha value is -1.84. The van der Waals surface area contributed by atoms with Crippen LogP contribution >= 0.6 is 11.8 Å². The van der Waals surface area contributed by atoms with Gasteiger partial charge in [-0.3, -0.25) is 4.98 Å². The summed E-state index contributed by atoms with van der Waals surface area (Å²) in [4.78, 5) is 5.57. The van der Waals surface area contributed by atoms with Crippen molar-refractivity contribution in [2.75, 3.05) is 5.75 Å². The molecule has 1 aromatic heterocycles. The van der Waals surface area contributed by atoms with Crippen LogP contribution in [0.1, 0.15) is 17.2 Å². The standard InChI is InChI=1S/C18H18N2S/c1-13-6-8-15(9-7-13)21-12-18(19)17-11-20-10-14-4-2-3-5-16(14)17/h2-11,18H,12,19H2,1H3. The monoisotopic (exact) mass is 294 g/mol. The van der Waals surface area contributed by atoms with Gasteiger partial charge in [0, 0.05) is 34.5 Å². The zero-order valence-electron chi connectivity index (χ0n) is 12.0. The first-order chi connectivity index (χ1) is 10.2. The van der Waals surface area contributed by atoms with Gasteiger partial charge in [-0.25, -0.2) is 0 Å². The molecule has 0 spiro atoms. The Labute approximate surface area is 129 Å². The summed E-state index contributed by atoms with van der Waals surface area (Å²) in [7, 11) is 0. The van der Waals surface area contributed by atoms with Crippen LogP contribution in [0, 0.1) is 6.92 Å². The zero-order chi connectivity index (χ0) is 14.7. The lowest BCUT2D eigenvalue weighted by Crippen LogP contribution is -2.13. The van der Waals surface area contributed by atoms with Crippen LogP contribution in [0.15, 0.2) is 65.8 Å². The Morgan fingerprint density at radius 2 is 1.81 bits per heavy atom. The number of fused-ring (bicyclic) bond motifs is 1. The molecule has 2 nitrogen and oxygen atoms in total. The second kappa shape index (κ2) is 6.29. The van der Waals surface area contributed by atoms with E-state index < -0.39 is 0 Å². The lowest BCUT2D eigenvalue weighted by Gasteiger charge is -2.14. The zero-order valence-corrected chi connectivity index (χ0v) is 12.8. The molecule has 1 atom stereocenters. The third-order valence-electron chi connectivity index (χ3n) is 3.55. The van der Waals surface area contributed by atoms with E-state index >= 15 is 0 Å². The number of nitrogens with zero attached hydrogens (tertiary/aromatic N) is 1. The summed E-state index contributed by atoms with van der Waals surface area (Å²) in [6.45, 7) is 2.10. The maximum absolute atomic E-state index is 6.38. The molecule has 0 bridgehead atoms. The van der Waals surface area contributed by atoms with Gasteiger partial charge < -0.3 is 5.73 Å². The first-order valence-electron chi connectivity index (χ1n) is 7.02. The van der Waals surface area contributed by atoms with Crippen molar-refractivity contribution in [3.63, 3.8) is 0 Å². The summed E-state index contributed by atoms with van der Waals surface area (Å²) in [5, 5.41) is 2.34. The average Bonchev–Trinajstić information content (AvgIpc) is 2.53. The molecule has 0 aliphatic rings. The summed E-state index contributed by atoms with van der Waals surface area (Å²) < 4.78 is 0. The number of hydrogen-bond donors (Lipinski definition) is 1. The molecule has 2 aromatic carbocycles. The van der Waals surface area contributed by atoms with Gasteiger partial charge in [-0.1, -0.05) is 42.0 Å². The van der Waals surface area contributed by atoms with E-state index in [4.69, 9.17) is 5.73 Å². The molecule has 0 saturated carbocycles. The van der Waals surface area contributed by atoms with E-state index in [9.17, 15) is 0 Å². The van der Waals surface area contributed by atoms with Crippen LogP contribution in [0.3, 0.4) is 0 Å². The smallest absolute Gasteiger partial charge is 0.0411 e. The molecule has 0 radical (unpaired) electrons. The van der Waals surface area contributed by atoms with E-state index in [0.29, 0.717) is 0 Å². The number of nitrogens with two attached hydrogens (primary N) is 1. The number of aromatic nitrogens is 1. The Morgan fingerprint density at radius 3 is 2.62 bits per heavy atom. The fourth-order valence-corrected chi connectivity index (χ4v) is 3.23. The number of hydrogen-bond acceptors (Lipinski definition) is 3. The van der Waals surface area contributed by atoms with Crippen molar-refractivity contribution in [1.82, 2.24) is 4.98 Å². The van der Waals surface area contributed by atoms with Gasteiger partial charge in [0.05, 0.1) is 0 Å². The molecular formula is C18H18N2S. The van der Waals surface area contributed by atoms with E-state index in [1.807, 2.05) is 24.5 Å². The minimum Gasteiger partial charge on any atom is -0.323 e. The van der Waals surface area contributed by atoms with Gasteiger partial charge >= 0.3 is 0 Å². The fourth-order valence-electron chi connectivity index (χ4n) is 2.35. The summed E-state index contributed by atoms with van der Waals surface area (Å²) in [6.07, 6.45) is 3.78. The number of benzene rings is 2. The van der Waals surface area contributed by atoms with Crippen molar-refractivity contribution < 1.29 is 0 Å². The van der Waals surface area contributed by atoms with E-state index in [1.165, 1.54) is 15.8 Å². The third kappa shape index (κ3) is 3.26. The normalized spacial score (nSPS) is 12.5. The van der Waals surface area contributed by atoms with Gasteiger partial charge in [-0.05, 0) is 30.0 Å². The van der Waals surface area contributed by atoms with Crippen LogP contribution in [0.25, 0.3) is 10.8 Å². The van der Waals surface area contributed by atoms with Crippen molar-refractivity contribution in [3.8, 4) is 0 Å². The second-order valence-electron chi connectivity index (χ2n) is 5.18. The second-order valence-corrected chi connectivity index (χ2v) is 6.27. The van der Waals surface area contributed by atoms with Crippen molar-refractivity contribution >= 4 is 22.5 Å². The minimum absolute atomic E-state index is 0.0186. The van der Waals surface area contributed by atoms with E-state index in [-0.39, 0.29) is 6.04 Å². The molecule has 3 heteroatoms. The highest BCUT2D eigenvalue weighted by atomic mass is 32.2. The van der Waals surface area contributed by atoms with E-state index in [2.05, 4.69) is 48.3 Å². The van der Waals surface area contributed by atoms with Crippen LogP contribution in [-0.2, 0) is 0 Å². The maximum Gasteiger partial charge on any atom is 0.0411 e. The average molecular weight is 294 g/mol. The van der Waals surface area contributed by atoms with Gasteiger partial charge in [0.15, 0.2) is 0 Å². The summed E-state index contributed by atoms with van der Waals surface area (Å²) >= 11 is 1.79. The number of aryl methyl sites for hydroxylation is 1. The Bertz CT molecular complexity index is 732. The number of pyridine rings is 1. The molecule has 0 amide bonds. The Morgan fingerprint density at radius 1 is 1.05 bits per heavy atom. The van der Waals surface area contributed by atoms with Crippen molar-refractivity contribution in [3.05, 3.63) is 72.1 Å². The van der Waals surface area contributed by atoms with Crippen LogP contribution in [0.5, 0.6) is 0 Å². The first-order valence-corrected chi connectivity index (χ1v) is 8.00. The van der Waals surface area contributed by atoms with Gasteiger partial charge in [-0.2, -0.15) is 0 Å². The third-order valence-corrected chi connectivity index (χ3v) is 4.68. The van der Waals surface area contributed by atoms with Gasteiger partial charge in [0.25, 0.3) is 0 Å². The Balaban J connectivity index is 1.78. The molecule has 106 valence electrons. The SMILES string of the molecule is Cc1ccc(SCC(N)c2cncc3ccccc23)cc1. The molecule has 3 rings (SSSR count). The van der Waals surface area contributed by atoms with E-state index in [1.54, 1.807) is 11.8 Å². The van der Waals surface area contributed by atoms with Crippen molar-refractivity contribution in [2.24, 2.45) is 5.73 Å². The summed E-state index contributed by atoms with van der Waals surface area (Å²) in [5.74, 6) is 0.846. The maximum atomic E-state index is 6.38. The molecule has 21 heavy (non-hydrogen) atoms. The molecule has 0 aliphatic carbocycles. The lowest BCUT2D eigenvalue weighted by molar-refractivity contribution is 0.834. The molecule has 3 aromatic rings. The van der Waals surface area contributed by atoms with Crippen LogP contribution in [-0.4, -0.2) is 10.7 Å². The van der Waals surface area contributed by atoms with Gasteiger partial charge in [-0.15, -0.1) is 11.8 Å². The molecule has 0 saturated heterocycles. The summed E-state index contributed by atoms with van der Waals surface area (Å²) in [5.41, 5.74) is 8.78. The molecule has 0 fully saturated rings. The highest BCUT2D eigenvalue weighted by Gasteiger charge is 2.10. The molecule has 0 aliphatic heterocycles. The predicted molar refractivity (Wildman–Crippen MR) is 90.6 cm³/mol. The predicted octanol–water partition coefficient (Wildman–Crippen LogP) is 4.34. The quantitative estimate of drug-likeness (QED) is 0.728. The fraction of sp³-hybridized carbons (Fsp3) is 0.167. The molecule has 1 unspecified atom stereocenters. The van der Waals surface area contributed by atoms with Crippen molar-refractivity contribution in [2.45, 2.75) is 17.9 Å². The van der Waals surface area contributed by atoms with Crippen molar-refractivity contribution in [1.29, 1.82) is 0 Å². The Kier molecular flexibility index (Phi) is 4.23. The number of rotatable bonds is 4. The van der Waals surface area contributed by atoms with Gasteiger partial charge in [0.1, 0.15) is 0 Å². The van der Waals surface area contributed by atoms with Crippen LogP contribution in [0.2, 0.25) is 0 Å². The minimum atomic E-state index is -0.0186.